The van der Waals surface area contributed by atoms with Gasteiger partial charge in [-0.15, -0.1) is 0 Å². The molecule has 5 nitrogen and oxygen atoms in total. The van der Waals surface area contributed by atoms with E-state index in [2.05, 4.69) is 28.7 Å². The third-order valence-electron chi connectivity index (χ3n) is 3.39. The molecule has 0 aromatic heterocycles. The number of hydrogen-bond acceptors (Lipinski definition) is 4. The van der Waals surface area contributed by atoms with Crippen molar-refractivity contribution in [1.29, 1.82) is 0 Å². The molecule has 0 radical (unpaired) electrons. The van der Waals surface area contributed by atoms with Crippen LogP contribution in [0.1, 0.15) is 0 Å². The zero-order valence-electron chi connectivity index (χ0n) is 11.0. The van der Waals surface area contributed by atoms with E-state index in [0.717, 1.165) is 52.5 Å². The van der Waals surface area contributed by atoms with Gasteiger partial charge in [-0.2, -0.15) is 0 Å². The van der Waals surface area contributed by atoms with Gasteiger partial charge in [-0.3, -0.25) is 9.69 Å². The molecule has 2 aliphatic heterocycles. The van der Waals surface area contributed by atoms with Gasteiger partial charge in [0, 0.05) is 39.3 Å². The zero-order chi connectivity index (χ0) is 12.8. The minimum absolute atomic E-state index is 0.0311. The average Bonchev–Trinajstić information content (AvgIpc) is 2.40. The van der Waals surface area contributed by atoms with E-state index < -0.39 is 0 Å². The average molecular weight is 251 g/mol. The first-order chi connectivity index (χ1) is 8.75. The highest BCUT2D eigenvalue weighted by Crippen LogP contribution is 1.99. The van der Waals surface area contributed by atoms with E-state index in [9.17, 15) is 4.79 Å². The summed E-state index contributed by atoms with van der Waals surface area (Å²) in [7, 11) is 2.08. The van der Waals surface area contributed by atoms with Crippen LogP contribution in [0.2, 0.25) is 0 Å². The molecule has 0 aliphatic carbocycles. The number of likely N-dealkylation sites (N-methyl/N-ethyl adjacent to an activating group) is 1. The van der Waals surface area contributed by atoms with Crippen LogP contribution in [-0.2, 0) is 9.53 Å². The first kappa shape index (κ1) is 13.3. The Hall–Kier alpha value is -1.09. The maximum Gasteiger partial charge on any atom is 0.298 e. The van der Waals surface area contributed by atoms with Crippen LogP contribution in [0.15, 0.2) is 0 Å². The van der Waals surface area contributed by atoms with E-state index in [1.54, 1.807) is 0 Å². The number of carbonyl (C=O) groups is 1. The van der Waals surface area contributed by atoms with E-state index in [1.165, 1.54) is 0 Å². The summed E-state index contributed by atoms with van der Waals surface area (Å²) in [6.07, 6.45) is 0. The molecule has 0 bridgehead atoms. The number of ether oxygens (including phenoxy) is 1. The molecule has 2 heterocycles. The predicted molar refractivity (Wildman–Crippen MR) is 69.1 cm³/mol. The van der Waals surface area contributed by atoms with Crippen LogP contribution in [0.25, 0.3) is 0 Å². The Labute approximate surface area is 109 Å². The van der Waals surface area contributed by atoms with Crippen LogP contribution in [0.4, 0.5) is 0 Å². The summed E-state index contributed by atoms with van der Waals surface area (Å²) in [6.45, 7) is 7.51. The number of hydrogen-bond donors (Lipinski definition) is 0. The maximum atomic E-state index is 11.8. The number of morpholine rings is 1. The van der Waals surface area contributed by atoms with Crippen LogP contribution in [0.3, 0.4) is 0 Å². The van der Waals surface area contributed by atoms with E-state index in [4.69, 9.17) is 4.74 Å². The van der Waals surface area contributed by atoms with E-state index in [0.29, 0.717) is 6.54 Å². The van der Waals surface area contributed by atoms with Crippen LogP contribution < -0.4 is 0 Å². The van der Waals surface area contributed by atoms with Crippen molar-refractivity contribution in [2.75, 3.05) is 66.1 Å². The van der Waals surface area contributed by atoms with Gasteiger partial charge >= 0.3 is 0 Å². The summed E-state index contributed by atoms with van der Waals surface area (Å²) < 4.78 is 5.26. The summed E-state index contributed by atoms with van der Waals surface area (Å²) in [5, 5.41) is 0. The number of carbonyl (C=O) groups excluding carboxylic acids is 1. The highest BCUT2D eigenvalue weighted by Gasteiger charge is 2.17. The molecule has 0 unspecified atom stereocenters. The molecule has 0 N–H and O–H groups in total. The molecule has 0 saturated carbocycles. The Kier molecular flexibility index (Phi) is 5.00. The van der Waals surface area contributed by atoms with Crippen molar-refractivity contribution in [3.63, 3.8) is 0 Å². The summed E-state index contributed by atoms with van der Waals surface area (Å²) in [5.41, 5.74) is 0. The number of piperazine rings is 1. The van der Waals surface area contributed by atoms with E-state index in [-0.39, 0.29) is 5.91 Å². The van der Waals surface area contributed by atoms with Gasteiger partial charge in [-0.05, 0) is 13.0 Å². The van der Waals surface area contributed by atoms with Crippen molar-refractivity contribution in [2.24, 2.45) is 0 Å². The van der Waals surface area contributed by atoms with Gasteiger partial charge < -0.3 is 14.5 Å². The Morgan fingerprint density at radius 2 is 1.78 bits per heavy atom. The standard InChI is InChI=1S/C13H21N3O2/c1-14-5-7-16(8-6-14)13(17)3-2-4-15-9-11-18-12-10-15/h4-12H2,1H3. The zero-order valence-corrected chi connectivity index (χ0v) is 11.0. The van der Waals surface area contributed by atoms with Gasteiger partial charge in [0.15, 0.2) is 0 Å². The normalized spacial score (nSPS) is 22.4. The van der Waals surface area contributed by atoms with Crippen molar-refractivity contribution in [2.45, 2.75) is 0 Å². The number of rotatable bonds is 1. The fraction of sp³-hybridized carbons (Fsp3) is 0.769. The molecule has 0 aromatic rings. The highest BCUT2D eigenvalue weighted by atomic mass is 16.5. The lowest BCUT2D eigenvalue weighted by atomic mass is 10.3. The van der Waals surface area contributed by atoms with Gasteiger partial charge in [0.25, 0.3) is 5.91 Å². The minimum Gasteiger partial charge on any atom is -0.379 e. The predicted octanol–water partition coefficient (Wildman–Crippen LogP) is -0.904. The van der Waals surface area contributed by atoms with E-state index in [1.807, 2.05) is 4.90 Å². The SMILES string of the molecule is CN1CCN(C(=O)C#CCN2CCOCC2)CC1. The number of amides is 1. The molecule has 18 heavy (non-hydrogen) atoms. The van der Waals surface area contributed by atoms with Crippen molar-refractivity contribution in [3.8, 4) is 11.8 Å². The first-order valence-corrected chi connectivity index (χ1v) is 6.52. The molecular weight excluding hydrogens is 230 g/mol. The second-order valence-corrected chi connectivity index (χ2v) is 4.79. The van der Waals surface area contributed by atoms with Gasteiger partial charge in [-0.25, -0.2) is 0 Å². The van der Waals surface area contributed by atoms with Crippen molar-refractivity contribution >= 4 is 5.91 Å². The molecule has 2 rings (SSSR count). The Morgan fingerprint density at radius 1 is 1.11 bits per heavy atom. The molecule has 0 spiro atoms. The Balaban J connectivity index is 1.73. The van der Waals surface area contributed by atoms with Crippen molar-refractivity contribution in [1.82, 2.24) is 14.7 Å². The van der Waals surface area contributed by atoms with Crippen LogP contribution in [-0.4, -0.2) is 86.7 Å². The minimum atomic E-state index is -0.0311. The van der Waals surface area contributed by atoms with Gasteiger partial charge in [0.1, 0.15) is 0 Å². The van der Waals surface area contributed by atoms with Gasteiger partial charge in [0.2, 0.25) is 0 Å². The summed E-state index contributed by atoms with van der Waals surface area (Å²) in [5.74, 6) is 5.70. The van der Waals surface area contributed by atoms with Gasteiger partial charge in [0.05, 0.1) is 19.8 Å². The molecule has 2 fully saturated rings. The summed E-state index contributed by atoms with van der Waals surface area (Å²) in [6, 6.07) is 0. The summed E-state index contributed by atoms with van der Waals surface area (Å²) >= 11 is 0. The molecule has 0 atom stereocenters. The second-order valence-electron chi connectivity index (χ2n) is 4.79. The highest BCUT2D eigenvalue weighted by molar-refractivity contribution is 5.93. The topological polar surface area (TPSA) is 36.0 Å². The largest absolute Gasteiger partial charge is 0.379 e. The van der Waals surface area contributed by atoms with Crippen molar-refractivity contribution in [3.05, 3.63) is 0 Å². The maximum absolute atomic E-state index is 11.8. The fourth-order valence-electron chi connectivity index (χ4n) is 2.07. The Bertz CT molecular complexity index is 334. The van der Waals surface area contributed by atoms with Gasteiger partial charge in [-0.1, -0.05) is 5.92 Å². The van der Waals surface area contributed by atoms with E-state index >= 15 is 0 Å². The first-order valence-electron chi connectivity index (χ1n) is 6.52. The monoisotopic (exact) mass is 251 g/mol. The van der Waals surface area contributed by atoms with Crippen LogP contribution in [0.5, 0.6) is 0 Å². The number of nitrogens with zero attached hydrogens (tertiary/aromatic N) is 3. The Morgan fingerprint density at radius 3 is 2.44 bits per heavy atom. The molecule has 5 heteroatoms. The third-order valence-corrected chi connectivity index (χ3v) is 3.39. The molecule has 2 aliphatic rings. The van der Waals surface area contributed by atoms with Crippen LogP contribution in [0, 0.1) is 11.8 Å². The molecule has 2 saturated heterocycles. The smallest absolute Gasteiger partial charge is 0.298 e. The third kappa shape index (κ3) is 3.98. The quantitative estimate of drug-likeness (QED) is 0.566. The lowest BCUT2D eigenvalue weighted by molar-refractivity contribution is -0.126. The van der Waals surface area contributed by atoms with Crippen molar-refractivity contribution < 1.29 is 9.53 Å². The lowest BCUT2D eigenvalue weighted by Gasteiger charge is -2.31. The lowest BCUT2D eigenvalue weighted by Crippen LogP contribution is -2.46. The van der Waals surface area contributed by atoms with Crippen LogP contribution >= 0.6 is 0 Å². The molecular formula is C13H21N3O2. The molecule has 100 valence electrons. The molecule has 1 amide bonds. The summed E-state index contributed by atoms with van der Waals surface area (Å²) in [4.78, 5) is 18.1. The fourth-order valence-corrected chi connectivity index (χ4v) is 2.07. The second kappa shape index (κ2) is 6.74. The molecule has 0 aromatic carbocycles.